The molecular weight excluding hydrogens is 200 g/mol. The van der Waals surface area contributed by atoms with Crippen molar-refractivity contribution >= 4 is 0 Å². The minimum absolute atomic E-state index is 0.816. The molecule has 0 unspecified atom stereocenters. The van der Waals surface area contributed by atoms with Crippen LogP contribution in [0.25, 0.3) is 0 Å². The monoisotopic (exact) mass is 222 g/mol. The molecule has 0 saturated heterocycles. The van der Waals surface area contributed by atoms with Gasteiger partial charge in [0.15, 0.2) is 0 Å². The Morgan fingerprint density at radius 3 is 3.00 bits per heavy atom. The molecule has 1 saturated carbocycles. The number of likely N-dealkylation sites (N-methyl/N-ethyl adjacent to an activating group) is 1. The van der Waals surface area contributed by atoms with Gasteiger partial charge in [-0.15, -0.1) is 0 Å². The van der Waals surface area contributed by atoms with Crippen molar-refractivity contribution in [2.75, 3.05) is 20.1 Å². The molecule has 1 N–H and O–H groups in total. The predicted molar refractivity (Wildman–Crippen MR) is 65.3 cm³/mol. The zero-order valence-electron chi connectivity index (χ0n) is 10.3. The van der Waals surface area contributed by atoms with Crippen LogP contribution in [0.4, 0.5) is 0 Å². The lowest BCUT2D eigenvalue weighted by Crippen LogP contribution is -2.29. The molecular formula is C12H22N4. The molecule has 1 aromatic rings. The van der Waals surface area contributed by atoms with Gasteiger partial charge in [-0.25, -0.2) is 0 Å². The van der Waals surface area contributed by atoms with Gasteiger partial charge in [0, 0.05) is 44.0 Å². The first-order chi connectivity index (χ1) is 7.78. The molecule has 90 valence electrons. The van der Waals surface area contributed by atoms with E-state index in [0.717, 1.165) is 32.2 Å². The Morgan fingerprint density at radius 1 is 1.56 bits per heavy atom. The molecule has 1 aliphatic rings. The third kappa shape index (κ3) is 3.61. The van der Waals surface area contributed by atoms with Crippen molar-refractivity contribution in [1.29, 1.82) is 0 Å². The smallest absolute Gasteiger partial charge is 0.0534 e. The summed E-state index contributed by atoms with van der Waals surface area (Å²) in [5.41, 5.74) is 1.30. The largest absolute Gasteiger partial charge is 0.313 e. The minimum Gasteiger partial charge on any atom is -0.313 e. The van der Waals surface area contributed by atoms with Crippen LogP contribution in [-0.2, 0) is 13.1 Å². The summed E-state index contributed by atoms with van der Waals surface area (Å²) in [4.78, 5) is 2.34. The molecule has 0 radical (unpaired) electrons. The van der Waals surface area contributed by atoms with Crippen LogP contribution in [0.2, 0.25) is 0 Å². The number of hydrogen-bond acceptors (Lipinski definition) is 3. The maximum atomic E-state index is 4.28. The summed E-state index contributed by atoms with van der Waals surface area (Å²) >= 11 is 0. The van der Waals surface area contributed by atoms with Gasteiger partial charge in [-0.05, 0) is 26.8 Å². The second kappa shape index (κ2) is 5.46. The van der Waals surface area contributed by atoms with Gasteiger partial charge in [0.2, 0.25) is 0 Å². The number of nitrogens with zero attached hydrogens (tertiary/aromatic N) is 3. The van der Waals surface area contributed by atoms with E-state index in [1.165, 1.54) is 18.4 Å². The minimum atomic E-state index is 0.816. The molecule has 1 fully saturated rings. The van der Waals surface area contributed by atoms with Gasteiger partial charge >= 0.3 is 0 Å². The molecule has 1 heterocycles. The average molecular weight is 222 g/mol. The molecule has 0 spiro atoms. The second-order valence-corrected chi connectivity index (χ2v) is 4.67. The molecule has 1 aromatic heterocycles. The van der Waals surface area contributed by atoms with Crippen LogP contribution in [0, 0.1) is 0 Å². The van der Waals surface area contributed by atoms with E-state index in [2.05, 4.69) is 35.5 Å². The Labute approximate surface area is 97.6 Å². The molecule has 0 amide bonds. The van der Waals surface area contributed by atoms with E-state index in [1.807, 2.05) is 10.9 Å². The molecule has 0 aliphatic heterocycles. The third-order valence-electron chi connectivity index (χ3n) is 2.97. The highest BCUT2D eigenvalue weighted by Crippen LogP contribution is 2.17. The van der Waals surface area contributed by atoms with E-state index < -0.39 is 0 Å². The lowest BCUT2D eigenvalue weighted by molar-refractivity contribution is 0.324. The first-order valence-electron chi connectivity index (χ1n) is 6.21. The third-order valence-corrected chi connectivity index (χ3v) is 2.97. The van der Waals surface area contributed by atoms with Crippen LogP contribution < -0.4 is 5.32 Å². The number of nitrogens with one attached hydrogen (secondary N) is 1. The lowest BCUT2D eigenvalue weighted by atomic mass is 10.3. The second-order valence-electron chi connectivity index (χ2n) is 4.67. The molecule has 16 heavy (non-hydrogen) atoms. The summed E-state index contributed by atoms with van der Waals surface area (Å²) in [6.07, 6.45) is 6.83. The number of rotatable bonds is 7. The van der Waals surface area contributed by atoms with Gasteiger partial charge in [-0.2, -0.15) is 5.10 Å². The topological polar surface area (TPSA) is 33.1 Å². The summed E-state index contributed by atoms with van der Waals surface area (Å²) in [7, 11) is 2.16. The Morgan fingerprint density at radius 2 is 2.38 bits per heavy atom. The highest BCUT2D eigenvalue weighted by molar-refractivity contribution is 5.03. The zero-order chi connectivity index (χ0) is 11.4. The Bertz CT molecular complexity index is 317. The van der Waals surface area contributed by atoms with E-state index >= 15 is 0 Å². The van der Waals surface area contributed by atoms with Crippen molar-refractivity contribution in [3.63, 3.8) is 0 Å². The van der Waals surface area contributed by atoms with E-state index in [4.69, 9.17) is 0 Å². The van der Waals surface area contributed by atoms with Gasteiger partial charge in [-0.3, -0.25) is 4.68 Å². The summed E-state index contributed by atoms with van der Waals surface area (Å²) in [5, 5.41) is 7.81. The van der Waals surface area contributed by atoms with Crippen LogP contribution in [-0.4, -0.2) is 40.9 Å². The van der Waals surface area contributed by atoms with Crippen LogP contribution in [0.15, 0.2) is 12.4 Å². The highest BCUT2D eigenvalue weighted by Gasteiger charge is 2.19. The van der Waals surface area contributed by atoms with Crippen molar-refractivity contribution in [3.05, 3.63) is 18.0 Å². The Balaban J connectivity index is 1.66. The van der Waals surface area contributed by atoms with Crippen molar-refractivity contribution in [2.45, 2.75) is 38.9 Å². The zero-order valence-corrected chi connectivity index (χ0v) is 10.3. The standard InChI is InChI=1S/C12H22N4/c1-3-16-10-11(8-14-16)9-15(2)7-6-13-12-4-5-12/h8,10,12-13H,3-7,9H2,1-2H3. The fourth-order valence-electron chi connectivity index (χ4n) is 1.80. The quantitative estimate of drug-likeness (QED) is 0.749. The van der Waals surface area contributed by atoms with Gasteiger partial charge in [0.1, 0.15) is 0 Å². The van der Waals surface area contributed by atoms with Crippen molar-refractivity contribution in [1.82, 2.24) is 20.0 Å². The van der Waals surface area contributed by atoms with Gasteiger partial charge in [0.05, 0.1) is 6.20 Å². The Kier molecular flexibility index (Phi) is 3.96. The van der Waals surface area contributed by atoms with E-state index in [9.17, 15) is 0 Å². The van der Waals surface area contributed by atoms with Gasteiger partial charge in [0.25, 0.3) is 0 Å². The summed E-state index contributed by atoms with van der Waals surface area (Å²) in [5.74, 6) is 0. The van der Waals surface area contributed by atoms with Crippen molar-refractivity contribution in [3.8, 4) is 0 Å². The molecule has 1 aliphatic carbocycles. The van der Waals surface area contributed by atoms with Crippen LogP contribution in [0.3, 0.4) is 0 Å². The summed E-state index contributed by atoms with van der Waals surface area (Å²) < 4.78 is 1.98. The summed E-state index contributed by atoms with van der Waals surface area (Å²) in [6.45, 7) is 6.26. The first kappa shape index (κ1) is 11.6. The first-order valence-corrected chi connectivity index (χ1v) is 6.21. The predicted octanol–water partition coefficient (Wildman–Crippen LogP) is 1.09. The Hall–Kier alpha value is -0.870. The average Bonchev–Trinajstić information content (AvgIpc) is 2.97. The van der Waals surface area contributed by atoms with E-state index in [1.54, 1.807) is 0 Å². The van der Waals surface area contributed by atoms with E-state index in [-0.39, 0.29) is 0 Å². The van der Waals surface area contributed by atoms with Gasteiger partial charge < -0.3 is 10.2 Å². The molecule has 0 aromatic carbocycles. The number of aryl methyl sites for hydroxylation is 1. The van der Waals surface area contributed by atoms with Crippen LogP contribution in [0.1, 0.15) is 25.3 Å². The molecule has 4 nitrogen and oxygen atoms in total. The maximum absolute atomic E-state index is 4.28. The fraction of sp³-hybridized carbons (Fsp3) is 0.750. The fourth-order valence-corrected chi connectivity index (χ4v) is 1.80. The number of aromatic nitrogens is 2. The molecule has 4 heteroatoms. The maximum Gasteiger partial charge on any atom is 0.0534 e. The molecule has 0 bridgehead atoms. The molecule has 0 atom stereocenters. The van der Waals surface area contributed by atoms with Crippen molar-refractivity contribution in [2.24, 2.45) is 0 Å². The van der Waals surface area contributed by atoms with Crippen LogP contribution in [0.5, 0.6) is 0 Å². The SMILES string of the molecule is CCn1cc(CN(C)CCNC2CC2)cn1. The molecule has 2 rings (SSSR count). The van der Waals surface area contributed by atoms with E-state index in [0.29, 0.717) is 0 Å². The lowest BCUT2D eigenvalue weighted by Gasteiger charge is -2.15. The highest BCUT2D eigenvalue weighted by atomic mass is 15.3. The van der Waals surface area contributed by atoms with Gasteiger partial charge in [-0.1, -0.05) is 0 Å². The van der Waals surface area contributed by atoms with Crippen molar-refractivity contribution < 1.29 is 0 Å². The van der Waals surface area contributed by atoms with Crippen LogP contribution >= 0.6 is 0 Å². The number of hydrogen-bond donors (Lipinski definition) is 1. The normalized spacial score (nSPS) is 15.9. The summed E-state index contributed by atoms with van der Waals surface area (Å²) in [6, 6.07) is 0.816.